The van der Waals surface area contributed by atoms with Crippen LogP contribution in [0.15, 0.2) is 132 Å². The molecular weight excluding hydrogens is 729 g/mol. The summed E-state index contributed by atoms with van der Waals surface area (Å²) < 4.78 is 24.3. The van der Waals surface area contributed by atoms with Crippen LogP contribution in [0.5, 0.6) is 5.75 Å². The van der Waals surface area contributed by atoms with Gasteiger partial charge in [0.1, 0.15) is 18.4 Å². The summed E-state index contributed by atoms with van der Waals surface area (Å²) >= 11 is 1.68. The van der Waals surface area contributed by atoms with Crippen molar-refractivity contribution in [3.8, 4) is 16.9 Å². The summed E-state index contributed by atoms with van der Waals surface area (Å²) in [6, 6.07) is 39.7. The molecular formula is C45H44N2O8S. The predicted molar refractivity (Wildman–Crippen MR) is 212 cm³/mol. The van der Waals surface area contributed by atoms with Crippen molar-refractivity contribution in [2.75, 3.05) is 12.9 Å². The van der Waals surface area contributed by atoms with E-state index in [4.69, 9.17) is 18.9 Å². The fourth-order valence-electron chi connectivity index (χ4n) is 6.99. The number of benzene rings is 5. The van der Waals surface area contributed by atoms with Gasteiger partial charge in [0.15, 0.2) is 6.29 Å². The number of para-hydroxylation sites is 1. The third kappa shape index (κ3) is 9.14. The summed E-state index contributed by atoms with van der Waals surface area (Å²) in [4.78, 5) is 40.9. The second-order valence-electron chi connectivity index (χ2n) is 13.9. The summed E-state index contributed by atoms with van der Waals surface area (Å²) in [6.07, 6.45) is -1.99. The van der Waals surface area contributed by atoms with Gasteiger partial charge in [0.2, 0.25) is 5.91 Å². The molecule has 0 saturated carbocycles. The Hall–Kier alpha value is -5.46. The molecule has 0 aromatic heterocycles. The zero-order valence-corrected chi connectivity index (χ0v) is 32.0. The SMILES string of the molecule is COc1ccccc1SC[C@H]1O[C@@H](c2cccc(-c3cccc(CN4C(=O)CC(NC(=O)OCc5ccccc5)C4=O)c3)c2)O[C@@H](c2ccc(CO)cc2)[C@H]1C. The number of nitrogens with zero attached hydrogens (tertiary/aromatic N) is 1. The normalized spacial score (nSPS) is 20.8. The Morgan fingerprint density at radius 3 is 2.30 bits per heavy atom. The van der Waals surface area contributed by atoms with Crippen LogP contribution >= 0.6 is 11.8 Å². The first-order chi connectivity index (χ1) is 27.3. The molecule has 56 heavy (non-hydrogen) atoms. The quantitative estimate of drug-likeness (QED) is 0.0906. The molecule has 0 radical (unpaired) electrons. The number of amides is 3. The Morgan fingerprint density at radius 2 is 1.54 bits per heavy atom. The minimum absolute atomic E-state index is 0.0130. The smallest absolute Gasteiger partial charge is 0.408 e. The molecule has 11 heteroatoms. The van der Waals surface area contributed by atoms with Crippen LogP contribution in [0.3, 0.4) is 0 Å². The third-order valence-electron chi connectivity index (χ3n) is 10.1. The van der Waals surface area contributed by atoms with E-state index in [0.29, 0.717) is 5.75 Å². The van der Waals surface area contributed by atoms with Crippen molar-refractivity contribution >= 4 is 29.7 Å². The van der Waals surface area contributed by atoms with Gasteiger partial charge in [-0.05, 0) is 57.6 Å². The molecule has 7 rings (SSSR count). The lowest BCUT2D eigenvalue weighted by Gasteiger charge is -2.41. The number of rotatable bonds is 13. The highest BCUT2D eigenvalue weighted by Gasteiger charge is 2.40. The molecule has 5 atom stereocenters. The van der Waals surface area contributed by atoms with Gasteiger partial charge < -0.3 is 29.4 Å². The van der Waals surface area contributed by atoms with E-state index < -0.39 is 24.3 Å². The Balaban J connectivity index is 1.06. The number of likely N-dealkylation sites (tertiary alicyclic amines) is 1. The highest BCUT2D eigenvalue weighted by atomic mass is 32.2. The maximum absolute atomic E-state index is 13.3. The fraction of sp³-hybridized carbons (Fsp3) is 0.267. The van der Waals surface area contributed by atoms with E-state index in [0.717, 1.165) is 49.6 Å². The number of aliphatic hydroxyl groups is 1. The molecule has 5 aromatic carbocycles. The van der Waals surface area contributed by atoms with Gasteiger partial charge in [-0.25, -0.2) is 4.79 Å². The number of ether oxygens (including phenoxy) is 4. The molecule has 5 aromatic rings. The summed E-state index contributed by atoms with van der Waals surface area (Å²) in [5, 5.41) is 12.2. The van der Waals surface area contributed by atoms with Crippen molar-refractivity contribution in [1.29, 1.82) is 0 Å². The van der Waals surface area contributed by atoms with E-state index in [9.17, 15) is 19.5 Å². The van der Waals surface area contributed by atoms with Gasteiger partial charge in [-0.15, -0.1) is 11.8 Å². The molecule has 2 saturated heterocycles. The van der Waals surface area contributed by atoms with Gasteiger partial charge in [0.25, 0.3) is 5.91 Å². The van der Waals surface area contributed by atoms with E-state index in [1.54, 1.807) is 18.9 Å². The number of thioether (sulfide) groups is 1. The second-order valence-corrected chi connectivity index (χ2v) is 15.0. The lowest BCUT2D eigenvalue weighted by Crippen LogP contribution is -2.41. The Morgan fingerprint density at radius 1 is 0.821 bits per heavy atom. The summed E-state index contributed by atoms with van der Waals surface area (Å²) in [5.41, 5.74) is 6.08. The Labute approximate surface area is 330 Å². The van der Waals surface area contributed by atoms with Crippen molar-refractivity contribution in [3.63, 3.8) is 0 Å². The van der Waals surface area contributed by atoms with Gasteiger partial charge >= 0.3 is 6.09 Å². The minimum Gasteiger partial charge on any atom is -0.496 e. The fourth-order valence-corrected chi connectivity index (χ4v) is 8.18. The van der Waals surface area contributed by atoms with Gasteiger partial charge in [-0.1, -0.05) is 110 Å². The number of aliphatic hydroxyl groups excluding tert-OH is 1. The molecule has 288 valence electrons. The maximum Gasteiger partial charge on any atom is 0.408 e. The number of hydrogen-bond donors (Lipinski definition) is 2. The van der Waals surface area contributed by atoms with Gasteiger partial charge in [0.05, 0.1) is 38.9 Å². The van der Waals surface area contributed by atoms with Crippen molar-refractivity contribution in [3.05, 3.63) is 155 Å². The first kappa shape index (κ1) is 38.8. The number of imide groups is 1. The van der Waals surface area contributed by atoms with Crippen molar-refractivity contribution in [2.45, 2.75) is 62.5 Å². The van der Waals surface area contributed by atoms with Gasteiger partial charge in [-0.2, -0.15) is 0 Å². The van der Waals surface area contributed by atoms with Crippen LogP contribution in [0.1, 0.15) is 53.6 Å². The summed E-state index contributed by atoms with van der Waals surface area (Å²) in [7, 11) is 1.67. The van der Waals surface area contributed by atoms with E-state index in [1.165, 1.54) is 4.90 Å². The monoisotopic (exact) mass is 772 g/mol. The van der Waals surface area contributed by atoms with E-state index in [1.807, 2.05) is 127 Å². The number of carbonyl (C=O) groups excluding carboxylic acids is 3. The van der Waals surface area contributed by atoms with Crippen LogP contribution in [-0.2, 0) is 43.6 Å². The van der Waals surface area contributed by atoms with Crippen LogP contribution in [0.25, 0.3) is 11.1 Å². The molecule has 3 amide bonds. The van der Waals surface area contributed by atoms with Gasteiger partial charge in [-0.3, -0.25) is 14.5 Å². The Kier molecular flexibility index (Phi) is 12.5. The first-order valence-corrected chi connectivity index (χ1v) is 19.5. The van der Waals surface area contributed by atoms with Crippen LogP contribution in [0.4, 0.5) is 4.79 Å². The van der Waals surface area contributed by atoms with E-state index >= 15 is 0 Å². The molecule has 2 N–H and O–H groups in total. The van der Waals surface area contributed by atoms with E-state index in [-0.39, 0.29) is 50.2 Å². The second kappa shape index (κ2) is 18.0. The average molecular weight is 773 g/mol. The zero-order chi connectivity index (χ0) is 39.0. The van der Waals surface area contributed by atoms with Crippen LogP contribution in [0.2, 0.25) is 0 Å². The zero-order valence-electron chi connectivity index (χ0n) is 31.2. The maximum atomic E-state index is 13.3. The van der Waals surface area contributed by atoms with Crippen molar-refractivity contribution in [1.82, 2.24) is 10.2 Å². The number of methoxy groups -OCH3 is 1. The van der Waals surface area contributed by atoms with Crippen LogP contribution < -0.4 is 10.1 Å². The number of alkyl carbamates (subject to hydrolysis) is 1. The molecule has 2 heterocycles. The minimum atomic E-state index is -0.989. The lowest BCUT2D eigenvalue weighted by molar-refractivity contribution is -0.268. The van der Waals surface area contributed by atoms with E-state index in [2.05, 4.69) is 12.2 Å². The summed E-state index contributed by atoms with van der Waals surface area (Å²) in [5.74, 6) is 0.663. The highest BCUT2D eigenvalue weighted by Crippen LogP contribution is 2.44. The lowest BCUT2D eigenvalue weighted by atomic mass is 9.91. The van der Waals surface area contributed by atoms with Crippen LogP contribution in [0, 0.1) is 5.92 Å². The molecule has 10 nitrogen and oxygen atoms in total. The third-order valence-corrected chi connectivity index (χ3v) is 11.2. The predicted octanol–water partition coefficient (Wildman–Crippen LogP) is 7.99. The molecule has 2 fully saturated rings. The van der Waals surface area contributed by atoms with Crippen LogP contribution in [-0.4, -0.2) is 52.9 Å². The Bertz CT molecular complexity index is 2150. The molecule has 2 aliphatic heterocycles. The van der Waals surface area contributed by atoms with Crippen molar-refractivity contribution in [2.24, 2.45) is 5.92 Å². The molecule has 0 bridgehead atoms. The average Bonchev–Trinajstić information content (AvgIpc) is 3.50. The number of carbonyl (C=O) groups is 3. The largest absolute Gasteiger partial charge is 0.496 e. The molecule has 0 aliphatic carbocycles. The topological polar surface area (TPSA) is 124 Å². The summed E-state index contributed by atoms with van der Waals surface area (Å²) in [6.45, 7) is 2.23. The van der Waals surface area contributed by atoms with Gasteiger partial charge in [0, 0.05) is 22.1 Å². The van der Waals surface area contributed by atoms with Crippen molar-refractivity contribution < 1.29 is 38.4 Å². The molecule has 1 unspecified atom stereocenters. The standard InChI is InChI=1S/C45H44N2O8S/c1-29-39(28-56-40-17-7-6-16-38(40)52-2)54-44(55-42(29)33-20-18-30(26-48)19-21-33)36-15-9-14-35(23-36)34-13-8-12-32(22-34)25-47-41(49)24-37(43(47)50)46-45(51)53-27-31-10-4-3-5-11-31/h3-23,29,37,39,42,44,48H,24-28H2,1-2H3,(H,46,51)/t29-,37?,39+,42+,44+/m0/s1. The number of hydrogen-bond acceptors (Lipinski definition) is 9. The molecule has 2 aliphatic rings. The highest BCUT2D eigenvalue weighted by molar-refractivity contribution is 7.99. The molecule has 0 spiro atoms. The number of nitrogens with one attached hydrogen (secondary N) is 1. The first-order valence-electron chi connectivity index (χ1n) is 18.6.